The first-order valence-electron chi connectivity index (χ1n) is 7.69. The summed E-state index contributed by atoms with van der Waals surface area (Å²) in [6.07, 6.45) is 3.88. The van der Waals surface area contributed by atoms with Crippen LogP contribution < -0.4 is 10.6 Å². The summed E-state index contributed by atoms with van der Waals surface area (Å²) in [5, 5.41) is 5.59. The highest BCUT2D eigenvalue weighted by Crippen LogP contribution is 2.37. The van der Waals surface area contributed by atoms with Gasteiger partial charge in [0.05, 0.1) is 10.5 Å². The van der Waals surface area contributed by atoms with Crippen LogP contribution in [0.4, 0.5) is 13.6 Å². The topological polar surface area (TPSA) is 66.9 Å². The third-order valence-corrected chi connectivity index (χ3v) is 4.61. The lowest BCUT2D eigenvalue weighted by atomic mass is 9.83. The number of carbonyl (C=O) groups is 1. The predicted molar refractivity (Wildman–Crippen MR) is 86.2 cm³/mol. The van der Waals surface area contributed by atoms with Crippen LogP contribution in [0.25, 0.3) is 0 Å². The van der Waals surface area contributed by atoms with E-state index in [1.54, 1.807) is 19.3 Å². The zero-order chi connectivity index (χ0) is 17.0. The van der Waals surface area contributed by atoms with Crippen LogP contribution >= 0.6 is 15.9 Å². The van der Waals surface area contributed by atoms with E-state index in [1.807, 2.05) is 6.92 Å². The minimum atomic E-state index is -2.55. The molecule has 1 aromatic rings. The lowest BCUT2D eigenvalue weighted by Gasteiger charge is -2.32. The van der Waals surface area contributed by atoms with Gasteiger partial charge >= 0.3 is 6.03 Å². The minimum Gasteiger partial charge on any atom is -0.335 e. The smallest absolute Gasteiger partial charge is 0.315 e. The van der Waals surface area contributed by atoms with Gasteiger partial charge in [0.15, 0.2) is 0 Å². The molecule has 1 fully saturated rings. The number of rotatable bonds is 4. The van der Waals surface area contributed by atoms with Gasteiger partial charge in [0.1, 0.15) is 5.82 Å². The zero-order valence-electron chi connectivity index (χ0n) is 13.2. The third kappa shape index (κ3) is 5.37. The van der Waals surface area contributed by atoms with Gasteiger partial charge in [0.2, 0.25) is 5.92 Å². The fourth-order valence-corrected chi connectivity index (χ4v) is 2.94. The molecular formula is C15H21BrF2N4O. The first-order valence-corrected chi connectivity index (χ1v) is 8.48. The Bertz CT molecular complexity index is 531. The number of halogens is 3. The van der Waals surface area contributed by atoms with Gasteiger partial charge in [-0.1, -0.05) is 0 Å². The van der Waals surface area contributed by atoms with Crippen LogP contribution in [0.5, 0.6) is 0 Å². The number of carbonyl (C=O) groups excluding carboxylic acids is 1. The van der Waals surface area contributed by atoms with Crippen molar-refractivity contribution in [2.45, 2.75) is 57.5 Å². The Hall–Kier alpha value is -1.31. The van der Waals surface area contributed by atoms with Crippen molar-refractivity contribution >= 4 is 22.0 Å². The maximum absolute atomic E-state index is 13.2. The Labute approximate surface area is 142 Å². The van der Waals surface area contributed by atoms with Crippen LogP contribution in [0.2, 0.25) is 0 Å². The van der Waals surface area contributed by atoms with Crippen LogP contribution in [-0.4, -0.2) is 28.0 Å². The largest absolute Gasteiger partial charge is 0.335 e. The Balaban J connectivity index is 1.81. The standard InChI is InChI=1S/C15H21BrF2N4O/c1-9(11-3-5-15(17,18)6-4-11)21-14(23)22-10(2)13-19-7-12(16)8-20-13/h7-11H,3-6H2,1-2H3,(H2,21,22,23). The number of urea groups is 1. The summed E-state index contributed by atoms with van der Waals surface area (Å²) in [5.41, 5.74) is 0. The Morgan fingerprint density at radius 2 is 1.83 bits per heavy atom. The number of hydrogen-bond acceptors (Lipinski definition) is 3. The Morgan fingerprint density at radius 3 is 2.39 bits per heavy atom. The van der Waals surface area contributed by atoms with E-state index in [0.717, 1.165) is 4.47 Å². The van der Waals surface area contributed by atoms with Gasteiger partial charge < -0.3 is 10.6 Å². The average molecular weight is 391 g/mol. The summed E-state index contributed by atoms with van der Waals surface area (Å²) in [5.74, 6) is -1.96. The molecule has 0 saturated heterocycles. The van der Waals surface area contributed by atoms with Crippen LogP contribution in [-0.2, 0) is 0 Å². The van der Waals surface area contributed by atoms with Gasteiger partial charge in [0.25, 0.3) is 0 Å². The number of hydrogen-bond donors (Lipinski definition) is 2. The summed E-state index contributed by atoms with van der Waals surface area (Å²) in [4.78, 5) is 20.3. The predicted octanol–water partition coefficient (Wildman–Crippen LogP) is 3.81. The molecule has 0 aromatic carbocycles. The number of nitrogens with zero attached hydrogens (tertiary/aromatic N) is 2. The van der Waals surface area contributed by atoms with Crippen LogP contribution in [0.15, 0.2) is 16.9 Å². The molecule has 1 aromatic heterocycles. The van der Waals surface area contributed by atoms with Crippen molar-refractivity contribution in [3.63, 3.8) is 0 Å². The summed E-state index contributed by atoms with van der Waals surface area (Å²) in [6.45, 7) is 3.64. The first kappa shape index (κ1) is 18.0. The van der Waals surface area contributed by atoms with Gasteiger partial charge in [-0.05, 0) is 48.5 Å². The van der Waals surface area contributed by atoms with Gasteiger partial charge in [0, 0.05) is 31.3 Å². The molecule has 1 aliphatic rings. The Kier molecular flexibility index (Phi) is 5.89. The summed E-state index contributed by atoms with van der Waals surface area (Å²) >= 11 is 3.25. The molecule has 0 radical (unpaired) electrons. The molecule has 1 heterocycles. The van der Waals surface area contributed by atoms with E-state index in [9.17, 15) is 13.6 Å². The number of nitrogens with one attached hydrogen (secondary N) is 2. The first-order chi connectivity index (χ1) is 10.8. The molecule has 2 N–H and O–H groups in total. The lowest BCUT2D eigenvalue weighted by molar-refractivity contribution is -0.0484. The van der Waals surface area contributed by atoms with Gasteiger partial charge in [-0.3, -0.25) is 0 Å². The van der Waals surface area contributed by atoms with E-state index >= 15 is 0 Å². The van der Waals surface area contributed by atoms with Crippen molar-refractivity contribution in [1.29, 1.82) is 0 Å². The lowest BCUT2D eigenvalue weighted by Crippen LogP contribution is -2.46. The third-order valence-electron chi connectivity index (χ3n) is 4.20. The van der Waals surface area contributed by atoms with Crippen molar-refractivity contribution in [1.82, 2.24) is 20.6 Å². The molecular weight excluding hydrogens is 370 g/mol. The van der Waals surface area contributed by atoms with Crippen molar-refractivity contribution in [2.75, 3.05) is 0 Å². The average Bonchev–Trinajstić information content (AvgIpc) is 2.47. The van der Waals surface area contributed by atoms with Crippen LogP contribution in [0.3, 0.4) is 0 Å². The fraction of sp³-hybridized carbons (Fsp3) is 0.667. The van der Waals surface area contributed by atoms with E-state index in [-0.39, 0.29) is 36.9 Å². The second kappa shape index (κ2) is 7.51. The van der Waals surface area contributed by atoms with Crippen LogP contribution in [0.1, 0.15) is 51.4 Å². The van der Waals surface area contributed by atoms with E-state index < -0.39 is 5.92 Å². The molecule has 0 bridgehead atoms. The van der Waals surface area contributed by atoms with Crippen molar-refractivity contribution in [3.8, 4) is 0 Å². The van der Waals surface area contributed by atoms with Gasteiger partial charge in [-0.15, -0.1) is 0 Å². The van der Waals surface area contributed by atoms with Crippen LogP contribution in [0, 0.1) is 5.92 Å². The molecule has 2 amide bonds. The second-order valence-electron chi connectivity index (χ2n) is 6.08. The maximum Gasteiger partial charge on any atom is 0.315 e. The second-order valence-corrected chi connectivity index (χ2v) is 7.00. The van der Waals surface area contributed by atoms with Gasteiger partial charge in [-0.2, -0.15) is 0 Å². The highest BCUT2D eigenvalue weighted by atomic mass is 79.9. The van der Waals surface area contributed by atoms with E-state index in [1.165, 1.54) is 0 Å². The molecule has 2 rings (SSSR count). The molecule has 23 heavy (non-hydrogen) atoms. The molecule has 0 aliphatic heterocycles. The molecule has 8 heteroatoms. The number of amides is 2. The SMILES string of the molecule is CC(NC(=O)NC(C)C1CCC(F)(F)CC1)c1ncc(Br)cn1. The van der Waals surface area contributed by atoms with Crippen molar-refractivity contribution < 1.29 is 13.6 Å². The molecule has 0 spiro atoms. The quantitative estimate of drug-likeness (QED) is 0.820. The monoisotopic (exact) mass is 390 g/mol. The summed E-state index contributed by atoms with van der Waals surface area (Å²) < 4.78 is 27.1. The van der Waals surface area contributed by atoms with Gasteiger partial charge in [-0.25, -0.2) is 23.5 Å². The minimum absolute atomic E-state index is 0.0830. The zero-order valence-corrected chi connectivity index (χ0v) is 14.7. The van der Waals surface area contributed by atoms with Crippen molar-refractivity contribution in [3.05, 3.63) is 22.7 Å². The summed E-state index contributed by atoms with van der Waals surface area (Å²) in [6, 6.07) is -0.830. The summed E-state index contributed by atoms with van der Waals surface area (Å²) in [7, 11) is 0. The van der Waals surface area contributed by atoms with E-state index in [4.69, 9.17) is 0 Å². The van der Waals surface area contributed by atoms with E-state index in [2.05, 4.69) is 36.5 Å². The fourth-order valence-electron chi connectivity index (χ4n) is 2.74. The maximum atomic E-state index is 13.2. The highest BCUT2D eigenvalue weighted by molar-refractivity contribution is 9.10. The highest BCUT2D eigenvalue weighted by Gasteiger charge is 2.36. The number of alkyl halides is 2. The molecule has 5 nitrogen and oxygen atoms in total. The van der Waals surface area contributed by atoms with E-state index in [0.29, 0.717) is 18.7 Å². The molecule has 128 valence electrons. The Morgan fingerprint density at radius 1 is 1.26 bits per heavy atom. The van der Waals surface area contributed by atoms with Crippen molar-refractivity contribution in [2.24, 2.45) is 5.92 Å². The number of aromatic nitrogens is 2. The molecule has 1 saturated carbocycles. The molecule has 2 atom stereocenters. The normalized spacial score (nSPS) is 20.6. The molecule has 1 aliphatic carbocycles. The molecule has 2 unspecified atom stereocenters.